The highest BCUT2D eigenvalue weighted by Gasteiger charge is 2.10. The van der Waals surface area contributed by atoms with Gasteiger partial charge in [-0.1, -0.05) is 6.07 Å². The number of nitrogens with zero attached hydrogens (tertiary/aromatic N) is 1. The standard InChI is InChI=1S/C16H16FN3O3/c1-10-3-4-12(17)8-15(10)18-9-16(21)19-14-6-5-13(20(22)23)7-11(14)2/h3-8,18H,9H2,1-2H3,(H,19,21). The van der Waals surface area contributed by atoms with Gasteiger partial charge in [0.25, 0.3) is 5.69 Å². The molecular weight excluding hydrogens is 301 g/mol. The second kappa shape index (κ2) is 6.87. The Bertz CT molecular complexity index is 762. The van der Waals surface area contributed by atoms with Crippen LogP contribution in [0.5, 0.6) is 0 Å². The summed E-state index contributed by atoms with van der Waals surface area (Å²) in [6, 6.07) is 8.49. The Morgan fingerprint density at radius 2 is 1.87 bits per heavy atom. The molecule has 2 rings (SSSR count). The first-order valence-electron chi connectivity index (χ1n) is 6.92. The molecule has 0 bridgehead atoms. The molecule has 0 radical (unpaired) electrons. The largest absolute Gasteiger partial charge is 0.376 e. The number of amides is 1. The van der Waals surface area contributed by atoms with E-state index in [4.69, 9.17) is 0 Å². The van der Waals surface area contributed by atoms with E-state index in [1.54, 1.807) is 19.9 Å². The highest BCUT2D eigenvalue weighted by molar-refractivity contribution is 5.94. The lowest BCUT2D eigenvalue weighted by Gasteiger charge is -2.11. The smallest absolute Gasteiger partial charge is 0.269 e. The Morgan fingerprint density at radius 3 is 2.52 bits per heavy atom. The third-order valence-electron chi connectivity index (χ3n) is 3.33. The van der Waals surface area contributed by atoms with Crippen molar-refractivity contribution in [3.05, 3.63) is 63.5 Å². The quantitative estimate of drug-likeness (QED) is 0.654. The molecule has 1 amide bonds. The topological polar surface area (TPSA) is 84.3 Å². The molecule has 23 heavy (non-hydrogen) atoms. The van der Waals surface area contributed by atoms with Crippen LogP contribution in [0.2, 0.25) is 0 Å². The van der Waals surface area contributed by atoms with E-state index in [9.17, 15) is 19.3 Å². The van der Waals surface area contributed by atoms with E-state index in [0.29, 0.717) is 16.9 Å². The zero-order chi connectivity index (χ0) is 17.0. The predicted molar refractivity (Wildman–Crippen MR) is 86.1 cm³/mol. The lowest BCUT2D eigenvalue weighted by molar-refractivity contribution is -0.384. The number of benzene rings is 2. The summed E-state index contributed by atoms with van der Waals surface area (Å²) < 4.78 is 13.2. The van der Waals surface area contributed by atoms with Crippen LogP contribution >= 0.6 is 0 Å². The van der Waals surface area contributed by atoms with Gasteiger partial charge in [0.1, 0.15) is 5.82 Å². The molecule has 0 aromatic heterocycles. The third-order valence-corrected chi connectivity index (χ3v) is 3.33. The van der Waals surface area contributed by atoms with Crippen molar-refractivity contribution in [2.24, 2.45) is 0 Å². The molecule has 0 saturated heterocycles. The van der Waals surface area contributed by atoms with Crippen LogP contribution in [0.25, 0.3) is 0 Å². The Morgan fingerprint density at radius 1 is 1.13 bits per heavy atom. The minimum absolute atomic E-state index is 0.0333. The number of hydrogen-bond donors (Lipinski definition) is 2. The Kier molecular flexibility index (Phi) is 4.90. The average molecular weight is 317 g/mol. The van der Waals surface area contributed by atoms with E-state index in [2.05, 4.69) is 10.6 Å². The molecule has 0 aliphatic carbocycles. The lowest BCUT2D eigenvalue weighted by Crippen LogP contribution is -2.22. The van der Waals surface area contributed by atoms with Gasteiger partial charge < -0.3 is 10.6 Å². The normalized spacial score (nSPS) is 10.2. The Hall–Kier alpha value is -2.96. The van der Waals surface area contributed by atoms with Crippen molar-refractivity contribution in [1.29, 1.82) is 0 Å². The maximum Gasteiger partial charge on any atom is 0.269 e. The van der Waals surface area contributed by atoms with Gasteiger partial charge in [0.15, 0.2) is 0 Å². The summed E-state index contributed by atoms with van der Waals surface area (Å²) in [5.74, 6) is -0.713. The lowest BCUT2D eigenvalue weighted by atomic mass is 10.1. The number of nitrogens with one attached hydrogen (secondary N) is 2. The number of carbonyl (C=O) groups excluding carboxylic acids is 1. The van der Waals surface area contributed by atoms with E-state index in [1.807, 2.05) is 0 Å². The van der Waals surface area contributed by atoms with E-state index in [0.717, 1.165) is 5.56 Å². The second-order valence-corrected chi connectivity index (χ2v) is 5.12. The molecule has 6 nitrogen and oxygen atoms in total. The summed E-state index contributed by atoms with van der Waals surface area (Å²) in [6.45, 7) is 3.44. The molecule has 0 fully saturated rings. The molecule has 0 unspecified atom stereocenters. The summed E-state index contributed by atoms with van der Waals surface area (Å²) in [6.07, 6.45) is 0. The van der Waals surface area contributed by atoms with E-state index < -0.39 is 4.92 Å². The van der Waals surface area contributed by atoms with Gasteiger partial charge in [-0.2, -0.15) is 0 Å². The summed E-state index contributed by atoms with van der Waals surface area (Å²) >= 11 is 0. The molecule has 0 saturated carbocycles. The van der Waals surface area contributed by atoms with Crippen molar-refractivity contribution in [3.8, 4) is 0 Å². The van der Waals surface area contributed by atoms with E-state index in [-0.39, 0.29) is 24.0 Å². The number of rotatable bonds is 5. The number of hydrogen-bond acceptors (Lipinski definition) is 4. The number of nitro benzene ring substituents is 1. The fourth-order valence-corrected chi connectivity index (χ4v) is 2.06. The number of anilines is 2. The van der Waals surface area contributed by atoms with Crippen molar-refractivity contribution < 1.29 is 14.1 Å². The van der Waals surface area contributed by atoms with Crippen LogP contribution in [0.15, 0.2) is 36.4 Å². The van der Waals surface area contributed by atoms with Crippen LogP contribution in [0, 0.1) is 29.8 Å². The number of carbonyl (C=O) groups is 1. The van der Waals surface area contributed by atoms with Crippen LogP contribution in [0.4, 0.5) is 21.5 Å². The number of nitro groups is 1. The van der Waals surface area contributed by atoms with Crippen LogP contribution in [-0.2, 0) is 4.79 Å². The van der Waals surface area contributed by atoms with E-state index in [1.165, 1.54) is 30.3 Å². The van der Waals surface area contributed by atoms with E-state index >= 15 is 0 Å². The minimum atomic E-state index is -0.493. The monoisotopic (exact) mass is 317 g/mol. The summed E-state index contributed by atoms with van der Waals surface area (Å²) in [4.78, 5) is 22.1. The molecular formula is C16H16FN3O3. The summed E-state index contributed by atoms with van der Waals surface area (Å²) in [7, 11) is 0. The number of aryl methyl sites for hydroxylation is 2. The Labute approximate surface area is 132 Å². The van der Waals surface area contributed by atoms with Gasteiger partial charge in [0.2, 0.25) is 5.91 Å². The molecule has 0 spiro atoms. The van der Waals surface area contributed by atoms with Gasteiger partial charge in [-0.25, -0.2) is 4.39 Å². The Balaban J connectivity index is 2.00. The summed E-state index contributed by atoms with van der Waals surface area (Å²) in [5.41, 5.74) is 2.42. The van der Waals surface area contributed by atoms with Gasteiger partial charge in [-0.3, -0.25) is 14.9 Å². The molecule has 120 valence electrons. The molecule has 2 N–H and O–H groups in total. The van der Waals surface area contributed by atoms with Gasteiger partial charge in [0.05, 0.1) is 11.5 Å². The van der Waals surface area contributed by atoms with Gasteiger partial charge in [-0.05, 0) is 43.2 Å². The fraction of sp³-hybridized carbons (Fsp3) is 0.188. The first kappa shape index (κ1) is 16.4. The first-order chi connectivity index (χ1) is 10.9. The maximum absolute atomic E-state index is 13.2. The summed E-state index contributed by atoms with van der Waals surface area (Å²) in [5, 5.41) is 16.2. The molecule has 2 aromatic rings. The van der Waals surface area contributed by atoms with Gasteiger partial charge in [0, 0.05) is 23.5 Å². The molecule has 0 aliphatic heterocycles. The zero-order valence-corrected chi connectivity index (χ0v) is 12.7. The molecule has 0 atom stereocenters. The second-order valence-electron chi connectivity index (χ2n) is 5.12. The van der Waals surface area contributed by atoms with Crippen molar-refractivity contribution in [3.63, 3.8) is 0 Å². The first-order valence-corrected chi connectivity index (χ1v) is 6.92. The zero-order valence-electron chi connectivity index (χ0n) is 12.7. The predicted octanol–water partition coefficient (Wildman–Crippen LogP) is 3.40. The number of non-ortho nitro benzene ring substituents is 1. The average Bonchev–Trinajstić information content (AvgIpc) is 2.50. The fourth-order valence-electron chi connectivity index (χ4n) is 2.06. The molecule has 7 heteroatoms. The SMILES string of the molecule is Cc1ccc(F)cc1NCC(=O)Nc1ccc([N+](=O)[O-])cc1C. The molecule has 0 aliphatic rings. The molecule has 2 aromatic carbocycles. The van der Waals surface area contributed by atoms with Crippen LogP contribution < -0.4 is 10.6 Å². The highest BCUT2D eigenvalue weighted by Crippen LogP contribution is 2.21. The van der Waals surface area contributed by atoms with Crippen LogP contribution in [0.3, 0.4) is 0 Å². The molecule has 0 heterocycles. The minimum Gasteiger partial charge on any atom is -0.376 e. The van der Waals surface area contributed by atoms with Gasteiger partial charge in [-0.15, -0.1) is 0 Å². The van der Waals surface area contributed by atoms with Crippen LogP contribution in [0.1, 0.15) is 11.1 Å². The highest BCUT2D eigenvalue weighted by atomic mass is 19.1. The van der Waals surface area contributed by atoms with Crippen molar-refractivity contribution in [2.75, 3.05) is 17.2 Å². The van der Waals surface area contributed by atoms with Crippen LogP contribution in [-0.4, -0.2) is 17.4 Å². The van der Waals surface area contributed by atoms with Crippen molar-refractivity contribution in [1.82, 2.24) is 0 Å². The van der Waals surface area contributed by atoms with Crippen molar-refractivity contribution >= 4 is 23.0 Å². The third kappa shape index (κ3) is 4.26. The van der Waals surface area contributed by atoms with Crippen molar-refractivity contribution in [2.45, 2.75) is 13.8 Å². The van der Waals surface area contributed by atoms with Gasteiger partial charge >= 0.3 is 0 Å². The number of halogens is 1. The maximum atomic E-state index is 13.2.